The first-order valence-corrected chi connectivity index (χ1v) is 7.17. The zero-order valence-electron chi connectivity index (χ0n) is 9.76. The van der Waals surface area contributed by atoms with Gasteiger partial charge in [-0.15, -0.1) is 10.2 Å². The van der Waals surface area contributed by atoms with Gasteiger partial charge in [0, 0.05) is 8.95 Å². The summed E-state index contributed by atoms with van der Waals surface area (Å²) in [6.07, 6.45) is 0. The first-order valence-electron chi connectivity index (χ1n) is 5.20. The third kappa shape index (κ3) is 2.84. The second kappa shape index (κ2) is 5.55. The SMILES string of the molecule is Cc1c(Cl)nnc(Nc2cc(Br)ccc2Br)c1C. The Morgan fingerprint density at radius 1 is 1.11 bits per heavy atom. The van der Waals surface area contributed by atoms with E-state index < -0.39 is 0 Å². The van der Waals surface area contributed by atoms with Crippen LogP contribution in [0.1, 0.15) is 11.1 Å². The number of rotatable bonds is 2. The van der Waals surface area contributed by atoms with E-state index in [2.05, 4.69) is 47.4 Å². The van der Waals surface area contributed by atoms with E-state index in [0.717, 1.165) is 25.8 Å². The number of halogens is 3. The maximum atomic E-state index is 5.93. The second-order valence-corrected chi connectivity index (χ2v) is 5.97. The summed E-state index contributed by atoms with van der Waals surface area (Å²) < 4.78 is 1.95. The molecule has 0 saturated heterocycles. The number of anilines is 2. The van der Waals surface area contributed by atoms with E-state index in [-0.39, 0.29) is 0 Å². The zero-order chi connectivity index (χ0) is 13.3. The fourth-order valence-electron chi connectivity index (χ4n) is 1.42. The third-order valence-electron chi connectivity index (χ3n) is 2.65. The highest BCUT2D eigenvalue weighted by Gasteiger charge is 2.09. The first-order chi connectivity index (χ1) is 8.49. The van der Waals surface area contributed by atoms with E-state index in [4.69, 9.17) is 11.6 Å². The fourth-order valence-corrected chi connectivity index (χ4v) is 2.30. The molecule has 0 aliphatic carbocycles. The van der Waals surface area contributed by atoms with Gasteiger partial charge in [-0.25, -0.2) is 0 Å². The summed E-state index contributed by atoms with van der Waals surface area (Å²) in [5.41, 5.74) is 2.84. The van der Waals surface area contributed by atoms with Crippen molar-refractivity contribution >= 4 is 55.0 Å². The Kier molecular flexibility index (Phi) is 4.25. The molecule has 0 aliphatic heterocycles. The van der Waals surface area contributed by atoms with Crippen LogP contribution >= 0.6 is 43.5 Å². The summed E-state index contributed by atoms with van der Waals surface area (Å²) in [4.78, 5) is 0. The number of nitrogens with one attached hydrogen (secondary N) is 1. The average Bonchev–Trinajstić information content (AvgIpc) is 2.34. The Morgan fingerprint density at radius 2 is 1.83 bits per heavy atom. The largest absolute Gasteiger partial charge is 0.338 e. The van der Waals surface area contributed by atoms with E-state index in [1.165, 1.54) is 0 Å². The van der Waals surface area contributed by atoms with E-state index >= 15 is 0 Å². The molecule has 0 amide bonds. The van der Waals surface area contributed by atoms with Gasteiger partial charge in [-0.2, -0.15) is 0 Å². The molecule has 94 valence electrons. The highest BCUT2D eigenvalue weighted by atomic mass is 79.9. The molecule has 6 heteroatoms. The molecule has 0 aliphatic rings. The van der Waals surface area contributed by atoms with Crippen molar-refractivity contribution in [3.63, 3.8) is 0 Å². The quantitative estimate of drug-likeness (QED) is 0.782. The lowest BCUT2D eigenvalue weighted by atomic mass is 10.2. The van der Waals surface area contributed by atoms with Crippen molar-refractivity contribution in [1.82, 2.24) is 10.2 Å². The molecule has 0 radical (unpaired) electrons. The maximum absolute atomic E-state index is 5.93. The molecule has 2 rings (SSSR count). The Labute approximate surface area is 127 Å². The Balaban J connectivity index is 2.40. The van der Waals surface area contributed by atoms with Gasteiger partial charge in [0.15, 0.2) is 11.0 Å². The summed E-state index contributed by atoms with van der Waals surface area (Å²) in [6, 6.07) is 5.88. The summed E-state index contributed by atoms with van der Waals surface area (Å²) in [5.74, 6) is 0.704. The van der Waals surface area contributed by atoms with Crippen molar-refractivity contribution < 1.29 is 0 Å². The number of hydrogen-bond acceptors (Lipinski definition) is 3. The van der Waals surface area contributed by atoms with Crippen LogP contribution in [0.3, 0.4) is 0 Å². The predicted molar refractivity (Wildman–Crippen MR) is 81.6 cm³/mol. The minimum absolute atomic E-state index is 0.436. The Morgan fingerprint density at radius 3 is 2.56 bits per heavy atom. The number of aromatic nitrogens is 2. The minimum Gasteiger partial charge on any atom is -0.338 e. The van der Waals surface area contributed by atoms with Gasteiger partial charge in [-0.3, -0.25) is 0 Å². The van der Waals surface area contributed by atoms with Crippen molar-refractivity contribution in [3.8, 4) is 0 Å². The molecule has 2 aromatic rings. The molecule has 3 nitrogen and oxygen atoms in total. The van der Waals surface area contributed by atoms with E-state index in [1.54, 1.807) is 0 Å². The molecule has 0 unspecified atom stereocenters. The second-order valence-electron chi connectivity index (χ2n) is 3.84. The normalized spacial score (nSPS) is 10.5. The van der Waals surface area contributed by atoms with E-state index in [9.17, 15) is 0 Å². The third-order valence-corrected chi connectivity index (χ3v) is 4.19. The Hall–Kier alpha value is -0.650. The molecule has 0 spiro atoms. The van der Waals surface area contributed by atoms with Crippen LogP contribution in [-0.4, -0.2) is 10.2 Å². The van der Waals surface area contributed by atoms with Crippen LogP contribution in [0.4, 0.5) is 11.5 Å². The van der Waals surface area contributed by atoms with Crippen LogP contribution in [0.5, 0.6) is 0 Å². The molecule has 1 aromatic heterocycles. The molecular weight excluding hydrogens is 381 g/mol. The van der Waals surface area contributed by atoms with Crippen molar-refractivity contribution in [2.45, 2.75) is 13.8 Å². The lowest BCUT2D eigenvalue weighted by Crippen LogP contribution is -2.01. The van der Waals surface area contributed by atoms with Crippen LogP contribution < -0.4 is 5.32 Å². The van der Waals surface area contributed by atoms with Crippen molar-refractivity contribution in [2.75, 3.05) is 5.32 Å². The molecule has 1 heterocycles. The summed E-state index contributed by atoms with van der Waals surface area (Å²) in [5, 5.41) is 11.7. The lowest BCUT2D eigenvalue weighted by molar-refractivity contribution is 1.00. The maximum Gasteiger partial charge on any atom is 0.156 e. The van der Waals surface area contributed by atoms with Gasteiger partial charge in [0.05, 0.1) is 5.69 Å². The van der Waals surface area contributed by atoms with E-state index in [0.29, 0.717) is 11.0 Å². The number of nitrogens with zero attached hydrogens (tertiary/aromatic N) is 2. The van der Waals surface area contributed by atoms with Crippen LogP contribution in [0.15, 0.2) is 27.1 Å². The topological polar surface area (TPSA) is 37.8 Å². The molecule has 0 bridgehead atoms. The first kappa shape index (κ1) is 13.8. The van der Waals surface area contributed by atoms with Crippen LogP contribution in [0.25, 0.3) is 0 Å². The molecule has 18 heavy (non-hydrogen) atoms. The molecule has 0 fully saturated rings. The van der Waals surface area contributed by atoms with Crippen LogP contribution in [0, 0.1) is 13.8 Å². The van der Waals surface area contributed by atoms with Gasteiger partial charge >= 0.3 is 0 Å². The van der Waals surface area contributed by atoms with Crippen molar-refractivity contribution in [1.29, 1.82) is 0 Å². The number of hydrogen-bond donors (Lipinski definition) is 1. The van der Waals surface area contributed by atoms with Crippen molar-refractivity contribution in [2.24, 2.45) is 0 Å². The number of benzene rings is 1. The standard InChI is InChI=1S/C12H10Br2ClN3/c1-6-7(2)12(18-17-11(6)15)16-10-5-8(13)3-4-9(10)14/h3-5H,1-2H3,(H,16,18). The van der Waals surface area contributed by atoms with Crippen LogP contribution in [0.2, 0.25) is 5.15 Å². The fraction of sp³-hybridized carbons (Fsp3) is 0.167. The minimum atomic E-state index is 0.436. The highest BCUT2D eigenvalue weighted by Crippen LogP contribution is 2.30. The van der Waals surface area contributed by atoms with Crippen LogP contribution in [-0.2, 0) is 0 Å². The van der Waals surface area contributed by atoms with Crippen molar-refractivity contribution in [3.05, 3.63) is 43.4 Å². The van der Waals surface area contributed by atoms with Gasteiger partial charge < -0.3 is 5.32 Å². The lowest BCUT2D eigenvalue weighted by Gasteiger charge is -2.12. The molecule has 0 atom stereocenters. The van der Waals surface area contributed by atoms with Gasteiger partial charge in [0.2, 0.25) is 0 Å². The molecule has 1 aromatic carbocycles. The predicted octanol–water partition coefficient (Wildman–Crippen LogP) is 5.02. The molecular formula is C12H10Br2ClN3. The summed E-state index contributed by atoms with van der Waals surface area (Å²) >= 11 is 12.9. The zero-order valence-corrected chi connectivity index (χ0v) is 13.7. The van der Waals surface area contributed by atoms with E-state index in [1.807, 2.05) is 32.0 Å². The summed E-state index contributed by atoms with van der Waals surface area (Å²) in [6.45, 7) is 3.89. The average molecular weight is 391 g/mol. The highest BCUT2D eigenvalue weighted by molar-refractivity contribution is 9.11. The van der Waals surface area contributed by atoms with Gasteiger partial charge in [0.25, 0.3) is 0 Å². The van der Waals surface area contributed by atoms with Gasteiger partial charge in [0.1, 0.15) is 0 Å². The smallest absolute Gasteiger partial charge is 0.156 e. The summed E-state index contributed by atoms with van der Waals surface area (Å²) in [7, 11) is 0. The Bertz CT molecular complexity index is 602. The van der Waals surface area contributed by atoms with Gasteiger partial charge in [-0.1, -0.05) is 27.5 Å². The molecule has 1 N–H and O–H groups in total. The monoisotopic (exact) mass is 389 g/mol. The molecule has 0 saturated carbocycles. The van der Waals surface area contributed by atoms with Gasteiger partial charge in [-0.05, 0) is 59.1 Å².